The van der Waals surface area contributed by atoms with Crippen LogP contribution in [0.3, 0.4) is 0 Å². The lowest BCUT2D eigenvalue weighted by Gasteiger charge is -2.24. The predicted octanol–water partition coefficient (Wildman–Crippen LogP) is 1.17. The highest BCUT2D eigenvalue weighted by Gasteiger charge is 2.28. The first-order chi connectivity index (χ1) is 12.1. The first-order valence-electron chi connectivity index (χ1n) is 8.29. The summed E-state index contributed by atoms with van der Waals surface area (Å²) in [6, 6.07) is 6.86. The molecule has 2 N–H and O–H groups in total. The van der Waals surface area contributed by atoms with Crippen molar-refractivity contribution >= 4 is 23.6 Å². The summed E-state index contributed by atoms with van der Waals surface area (Å²) < 4.78 is 2.03. The van der Waals surface area contributed by atoms with Crippen LogP contribution in [-0.4, -0.2) is 44.9 Å². The van der Waals surface area contributed by atoms with E-state index in [-0.39, 0.29) is 11.8 Å². The van der Waals surface area contributed by atoms with E-state index in [0.717, 1.165) is 23.1 Å². The fourth-order valence-corrected chi connectivity index (χ4v) is 3.76. The fraction of sp³-hybridized carbons (Fsp3) is 0.412. The second kappa shape index (κ2) is 7.69. The Morgan fingerprint density at radius 1 is 1.40 bits per heavy atom. The number of thioether (sulfide) groups is 1. The molecule has 1 atom stereocenters. The number of hydrogen-bond donors (Lipinski definition) is 2. The summed E-state index contributed by atoms with van der Waals surface area (Å²) in [5, 5.41) is 14.7. The number of aryl methyl sites for hydroxylation is 1. The van der Waals surface area contributed by atoms with Crippen molar-refractivity contribution in [3.05, 3.63) is 41.2 Å². The topological polar surface area (TPSA) is 88.9 Å². The number of fused-ring (bicyclic) bond motifs is 1. The highest BCUT2D eigenvalue weighted by molar-refractivity contribution is 7.99. The molecule has 1 aromatic heterocycles. The molecule has 0 fully saturated rings. The van der Waals surface area contributed by atoms with Crippen LogP contribution in [0.2, 0.25) is 0 Å². The molecule has 0 aliphatic carbocycles. The van der Waals surface area contributed by atoms with Gasteiger partial charge >= 0.3 is 0 Å². The van der Waals surface area contributed by atoms with Gasteiger partial charge in [-0.2, -0.15) is 0 Å². The Labute approximate surface area is 150 Å². The normalized spacial score (nSPS) is 16.2. The molecule has 1 aliphatic rings. The number of nitrogens with zero attached hydrogens (tertiary/aromatic N) is 3. The minimum atomic E-state index is -0.520. The summed E-state index contributed by atoms with van der Waals surface area (Å²) in [5.74, 6) is 1.23. The molecule has 0 saturated heterocycles. The van der Waals surface area contributed by atoms with Crippen molar-refractivity contribution < 1.29 is 9.59 Å². The van der Waals surface area contributed by atoms with Crippen LogP contribution in [0.15, 0.2) is 29.4 Å². The predicted molar refractivity (Wildman–Crippen MR) is 95.6 cm³/mol. The molecular formula is C17H21N5O2S. The third-order valence-corrected chi connectivity index (χ3v) is 5.13. The first kappa shape index (κ1) is 17.5. The van der Waals surface area contributed by atoms with E-state index in [1.54, 1.807) is 17.8 Å². The minimum Gasteiger partial charge on any atom is -0.353 e. The number of aromatic nitrogens is 3. The Bertz CT molecular complexity index is 789. The maximum atomic E-state index is 12.3. The summed E-state index contributed by atoms with van der Waals surface area (Å²) in [7, 11) is 0. The fourth-order valence-electron chi connectivity index (χ4n) is 2.86. The number of rotatable bonds is 6. The smallest absolute Gasteiger partial charge is 0.252 e. The van der Waals surface area contributed by atoms with Crippen molar-refractivity contribution in [2.75, 3.05) is 12.3 Å². The number of carbonyl (C=O) groups excluding carboxylic acids is 2. The molecule has 132 valence electrons. The maximum absolute atomic E-state index is 12.3. The van der Waals surface area contributed by atoms with Crippen LogP contribution in [0, 0.1) is 6.92 Å². The molecule has 2 heterocycles. The molecule has 3 rings (SSSR count). The Hall–Kier alpha value is -2.35. The van der Waals surface area contributed by atoms with E-state index < -0.39 is 6.04 Å². The standard InChI is InChI=1S/C17H21N5O2S/c1-3-22-11(2)20-21-17(22)25-9-8-18-16(24)14-10-12-6-4-5-7-13(12)15(23)19-14/h4-7,14H,3,8-10H2,1-2H3,(H,18,24)(H,19,23). The van der Waals surface area contributed by atoms with Crippen molar-refractivity contribution in [3.63, 3.8) is 0 Å². The van der Waals surface area contributed by atoms with Crippen LogP contribution in [-0.2, 0) is 17.8 Å². The van der Waals surface area contributed by atoms with Crippen LogP contribution in [0.5, 0.6) is 0 Å². The van der Waals surface area contributed by atoms with Gasteiger partial charge in [0.1, 0.15) is 11.9 Å². The van der Waals surface area contributed by atoms with Gasteiger partial charge in [-0.1, -0.05) is 30.0 Å². The Balaban J connectivity index is 1.49. The molecule has 7 nitrogen and oxygen atoms in total. The zero-order valence-electron chi connectivity index (χ0n) is 14.3. The van der Waals surface area contributed by atoms with E-state index in [9.17, 15) is 9.59 Å². The van der Waals surface area contributed by atoms with Crippen LogP contribution in [0.1, 0.15) is 28.7 Å². The summed E-state index contributed by atoms with van der Waals surface area (Å²) in [6.07, 6.45) is 0.518. The number of hydrogen-bond acceptors (Lipinski definition) is 5. The largest absolute Gasteiger partial charge is 0.353 e. The van der Waals surface area contributed by atoms with Gasteiger partial charge in [0, 0.05) is 30.8 Å². The minimum absolute atomic E-state index is 0.156. The van der Waals surface area contributed by atoms with E-state index in [1.165, 1.54) is 0 Å². The van der Waals surface area contributed by atoms with Crippen LogP contribution in [0.25, 0.3) is 0 Å². The van der Waals surface area contributed by atoms with Gasteiger partial charge in [-0.3, -0.25) is 9.59 Å². The van der Waals surface area contributed by atoms with Gasteiger partial charge in [0.2, 0.25) is 5.91 Å². The molecule has 0 saturated carbocycles. The zero-order chi connectivity index (χ0) is 17.8. The van der Waals surface area contributed by atoms with E-state index >= 15 is 0 Å². The zero-order valence-corrected chi connectivity index (χ0v) is 15.1. The monoisotopic (exact) mass is 359 g/mol. The lowest BCUT2D eigenvalue weighted by atomic mass is 9.95. The molecule has 1 aliphatic heterocycles. The van der Waals surface area contributed by atoms with Crippen LogP contribution >= 0.6 is 11.8 Å². The van der Waals surface area contributed by atoms with Crippen molar-refractivity contribution in [1.29, 1.82) is 0 Å². The SMILES string of the molecule is CCn1c(C)nnc1SCCNC(=O)C1Cc2ccccc2C(=O)N1. The van der Waals surface area contributed by atoms with E-state index in [0.29, 0.717) is 24.3 Å². The lowest BCUT2D eigenvalue weighted by molar-refractivity contribution is -0.122. The van der Waals surface area contributed by atoms with Crippen molar-refractivity contribution in [2.45, 2.75) is 38.0 Å². The Morgan fingerprint density at radius 3 is 3.00 bits per heavy atom. The first-order valence-corrected chi connectivity index (χ1v) is 9.27. The summed E-state index contributed by atoms with van der Waals surface area (Å²) in [5.41, 5.74) is 1.56. The van der Waals surface area contributed by atoms with Gasteiger partial charge in [0.05, 0.1) is 0 Å². The molecule has 0 bridgehead atoms. The summed E-state index contributed by atoms with van der Waals surface area (Å²) >= 11 is 1.56. The Kier molecular flexibility index (Phi) is 5.37. The molecule has 0 radical (unpaired) electrons. The summed E-state index contributed by atoms with van der Waals surface area (Å²) in [6.45, 7) is 5.30. The third-order valence-electron chi connectivity index (χ3n) is 4.16. The van der Waals surface area contributed by atoms with E-state index in [2.05, 4.69) is 20.8 Å². The second-order valence-corrected chi connectivity index (χ2v) is 6.86. The van der Waals surface area contributed by atoms with E-state index in [1.807, 2.05) is 36.6 Å². The van der Waals surface area contributed by atoms with Gasteiger partial charge in [0.25, 0.3) is 5.91 Å². The number of carbonyl (C=O) groups is 2. The molecule has 0 spiro atoms. The van der Waals surface area contributed by atoms with Gasteiger partial charge in [-0.15, -0.1) is 10.2 Å². The van der Waals surface area contributed by atoms with Crippen LogP contribution in [0.4, 0.5) is 0 Å². The molecule has 2 amide bonds. The van der Waals surface area contributed by atoms with Crippen LogP contribution < -0.4 is 10.6 Å². The summed E-state index contributed by atoms with van der Waals surface area (Å²) in [4.78, 5) is 24.4. The number of benzene rings is 1. The van der Waals surface area contributed by atoms with Crippen molar-refractivity contribution in [1.82, 2.24) is 25.4 Å². The van der Waals surface area contributed by atoms with E-state index in [4.69, 9.17) is 0 Å². The molecule has 8 heteroatoms. The van der Waals surface area contributed by atoms with Gasteiger partial charge in [0.15, 0.2) is 5.16 Å². The molecular weight excluding hydrogens is 338 g/mol. The lowest BCUT2D eigenvalue weighted by Crippen LogP contribution is -2.51. The maximum Gasteiger partial charge on any atom is 0.252 e. The van der Waals surface area contributed by atoms with Gasteiger partial charge in [-0.05, 0) is 25.5 Å². The van der Waals surface area contributed by atoms with Crippen molar-refractivity contribution in [3.8, 4) is 0 Å². The third kappa shape index (κ3) is 3.84. The highest BCUT2D eigenvalue weighted by atomic mass is 32.2. The molecule has 25 heavy (non-hydrogen) atoms. The Morgan fingerprint density at radius 2 is 2.20 bits per heavy atom. The average Bonchev–Trinajstić information content (AvgIpc) is 2.98. The quantitative estimate of drug-likeness (QED) is 0.597. The number of nitrogens with one attached hydrogen (secondary N) is 2. The average molecular weight is 359 g/mol. The second-order valence-electron chi connectivity index (χ2n) is 5.80. The molecule has 1 aromatic carbocycles. The van der Waals surface area contributed by atoms with Gasteiger partial charge in [-0.25, -0.2) is 0 Å². The van der Waals surface area contributed by atoms with Crippen molar-refractivity contribution in [2.24, 2.45) is 0 Å². The molecule has 1 unspecified atom stereocenters. The van der Waals surface area contributed by atoms with Gasteiger partial charge < -0.3 is 15.2 Å². The highest BCUT2D eigenvalue weighted by Crippen LogP contribution is 2.17. The molecule has 2 aromatic rings. The number of amides is 2.